The van der Waals surface area contributed by atoms with Crippen LogP contribution in [0.3, 0.4) is 0 Å². The van der Waals surface area contributed by atoms with Gasteiger partial charge in [0.1, 0.15) is 0 Å². The van der Waals surface area contributed by atoms with Crippen LogP contribution in [-0.4, -0.2) is 57.9 Å². The van der Waals surface area contributed by atoms with E-state index in [9.17, 15) is 19.8 Å². The number of carbonyl (C=O) groups is 2. The third-order valence-electron chi connectivity index (χ3n) is 5.47. The van der Waals surface area contributed by atoms with E-state index in [-0.39, 0.29) is 6.54 Å². The van der Waals surface area contributed by atoms with Crippen molar-refractivity contribution >= 4 is 23.6 Å². The van der Waals surface area contributed by atoms with E-state index in [2.05, 4.69) is 10.4 Å². The van der Waals surface area contributed by atoms with Gasteiger partial charge in [0.05, 0.1) is 36.2 Å². The van der Waals surface area contributed by atoms with Gasteiger partial charge in [0.25, 0.3) is 0 Å². The van der Waals surface area contributed by atoms with Crippen LogP contribution < -0.4 is 15.1 Å². The predicted octanol–water partition coefficient (Wildman–Crippen LogP) is 2.85. The van der Waals surface area contributed by atoms with Crippen LogP contribution in [0.2, 0.25) is 0 Å². The third-order valence-corrected chi connectivity index (χ3v) is 5.47. The molecular formula is C19H23N5O4. The van der Waals surface area contributed by atoms with Gasteiger partial charge >= 0.3 is 12.2 Å². The second-order valence-electron chi connectivity index (χ2n) is 7.29. The van der Waals surface area contributed by atoms with Gasteiger partial charge in [-0.1, -0.05) is 6.07 Å². The van der Waals surface area contributed by atoms with Crippen molar-refractivity contribution in [2.45, 2.75) is 31.8 Å². The maximum absolute atomic E-state index is 11.7. The van der Waals surface area contributed by atoms with Crippen LogP contribution in [0.1, 0.15) is 25.8 Å². The van der Waals surface area contributed by atoms with E-state index in [1.54, 1.807) is 25.3 Å². The highest BCUT2D eigenvalue weighted by Gasteiger charge is 2.35. The Kier molecular flexibility index (Phi) is 4.68. The molecule has 28 heavy (non-hydrogen) atoms. The molecule has 0 bridgehead atoms. The lowest BCUT2D eigenvalue weighted by atomic mass is 10.0. The second kappa shape index (κ2) is 7.16. The van der Waals surface area contributed by atoms with Gasteiger partial charge in [-0.15, -0.1) is 0 Å². The zero-order valence-electron chi connectivity index (χ0n) is 15.6. The van der Waals surface area contributed by atoms with Gasteiger partial charge in [0.2, 0.25) is 0 Å². The molecule has 1 atom stereocenters. The summed E-state index contributed by atoms with van der Waals surface area (Å²) >= 11 is 0. The Morgan fingerprint density at radius 1 is 1.11 bits per heavy atom. The largest absolute Gasteiger partial charge is 0.465 e. The Labute approximate surface area is 162 Å². The van der Waals surface area contributed by atoms with Crippen LogP contribution >= 0.6 is 0 Å². The number of fused-ring (bicyclic) bond motifs is 1. The maximum Gasteiger partial charge on any atom is 0.412 e. The lowest BCUT2D eigenvalue weighted by Crippen LogP contribution is -2.51. The molecule has 2 aliphatic rings. The maximum atomic E-state index is 11.7. The van der Waals surface area contributed by atoms with E-state index >= 15 is 0 Å². The number of amides is 2. The average Bonchev–Trinajstić information content (AvgIpc) is 3.17. The molecule has 0 unspecified atom stereocenters. The smallest absolute Gasteiger partial charge is 0.412 e. The van der Waals surface area contributed by atoms with Gasteiger partial charge in [-0.3, -0.25) is 14.5 Å². The Morgan fingerprint density at radius 3 is 2.54 bits per heavy atom. The van der Waals surface area contributed by atoms with Gasteiger partial charge in [0, 0.05) is 11.8 Å². The lowest BCUT2D eigenvalue weighted by molar-refractivity contribution is 0.194. The normalized spacial score (nSPS) is 20.1. The van der Waals surface area contributed by atoms with Gasteiger partial charge < -0.3 is 15.5 Å². The number of nitrogens with one attached hydrogen (secondary N) is 1. The van der Waals surface area contributed by atoms with Crippen molar-refractivity contribution in [1.29, 1.82) is 0 Å². The van der Waals surface area contributed by atoms with Crippen molar-refractivity contribution in [3.05, 3.63) is 30.6 Å². The Morgan fingerprint density at radius 2 is 1.86 bits per heavy atom. The number of anilines is 2. The van der Waals surface area contributed by atoms with Crippen LogP contribution in [0.25, 0.3) is 11.1 Å². The van der Waals surface area contributed by atoms with Gasteiger partial charge in [-0.25, -0.2) is 9.59 Å². The van der Waals surface area contributed by atoms with Crippen molar-refractivity contribution < 1.29 is 19.8 Å². The molecule has 0 spiro atoms. The molecule has 1 aromatic heterocycles. The first-order valence-corrected chi connectivity index (χ1v) is 9.37. The van der Waals surface area contributed by atoms with E-state index in [0.717, 1.165) is 37.1 Å². The third kappa shape index (κ3) is 3.18. The minimum atomic E-state index is -1.10. The van der Waals surface area contributed by atoms with Crippen LogP contribution in [0, 0.1) is 0 Å². The first-order valence-electron chi connectivity index (χ1n) is 9.37. The van der Waals surface area contributed by atoms with E-state index in [0.29, 0.717) is 17.4 Å². The standard InChI is InChI=1S/C19H23N5O4/c1-12-10-22(18(25)26)17-8-13(2-3-16(17)24(12)19(27)28)14-9-21-23(11-14)15-4-6-20-7-5-15/h2-3,8-9,11-12,15,20H,4-7,10H2,1H3,(H,25,26)(H,27,28)/t12-/m0/s1. The van der Waals surface area contributed by atoms with Crippen molar-refractivity contribution in [3.63, 3.8) is 0 Å². The summed E-state index contributed by atoms with van der Waals surface area (Å²) in [7, 11) is 0. The summed E-state index contributed by atoms with van der Waals surface area (Å²) in [6, 6.07) is 5.11. The molecule has 9 nitrogen and oxygen atoms in total. The Balaban J connectivity index is 1.71. The molecule has 3 N–H and O–H groups in total. The molecule has 3 heterocycles. The highest BCUT2D eigenvalue weighted by Crippen LogP contribution is 2.39. The number of carboxylic acid groups (broad SMARTS) is 2. The summed E-state index contributed by atoms with van der Waals surface area (Å²) in [5.74, 6) is 0. The zero-order chi connectivity index (χ0) is 19.8. The van der Waals surface area contributed by atoms with E-state index < -0.39 is 18.2 Å². The second-order valence-corrected chi connectivity index (χ2v) is 7.29. The molecule has 2 amide bonds. The highest BCUT2D eigenvalue weighted by atomic mass is 16.4. The van der Waals surface area contributed by atoms with Crippen LogP contribution in [0.4, 0.5) is 21.0 Å². The van der Waals surface area contributed by atoms with Crippen molar-refractivity contribution in [1.82, 2.24) is 15.1 Å². The SMILES string of the molecule is C[C@H]1CN(C(=O)O)c2cc(-c3cnn(C4CCNCC4)c3)ccc2N1C(=O)O. The van der Waals surface area contributed by atoms with E-state index in [4.69, 9.17) is 0 Å². The molecule has 1 saturated heterocycles. The summed E-state index contributed by atoms with van der Waals surface area (Å²) in [6.07, 6.45) is 3.59. The number of hydrogen-bond acceptors (Lipinski definition) is 4. The minimum Gasteiger partial charge on any atom is -0.465 e. The molecule has 9 heteroatoms. The lowest BCUT2D eigenvalue weighted by Gasteiger charge is -2.38. The fraction of sp³-hybridized carbons (Fsp3) is 0.421. The molecule has 1 fully saturated rings. The van der Waals surface area contributed by atoms with Gasteiger partial charge in [-0.05, 0) is 50.6 Å². The number of piperidine rings is 1. The molecule has 148 valence electrons. The summed E-state index contributed by atoms with van der Waals surface area (Å²) in [5, 5.41) is 27.0. The number of hydrogen-bond donors (Lipinski definition) is 3. The van der Waals surface area contributed by atoms with Crippen LogP contribution in [0.15, 0.2) is 30.6 Å². The predicted molar refractivity (Wildman–Crippen MR) is 104 cm³/mol. The molecule has 1 aromatic carbocycles. The first-order chi connectivity index (χ1) is 13.5. The van der Waals surface area contributed by atoms with Crippen molar-refractivity contribution in [2.24, 2.45) is 0 Å². The summed E-state index contributed by atoms with van der Waals surface area (Å²) in [6.45, 7) is 3.72. The van der Waals surface area contributed by atoms with Crippen molar-refractivity contribution in [3.8, 4) is 11.1 Å². The van der Waals surface area contributed by atoms with Crippen molar-refractivity contribution in [2.75, 3.05) is 29.4 Å². The molecule has 0 aliphatic carbocycles. The Hall–Kier alpha value is -3.07. The first kappa shape index (κ1) is 18.3. The summed E-state index contributed by atoms with van der Waals surface area (Å²) in [4.78, 5) is 25.8. The van der Waals surface area contributed by atoms with Gasteiger partial charge in [-0.2, -0.15) is 5.10 Å². The molecular weight excluding hydrogens is 362 g/mol. The molecule has 2 aliphatic heterocycles. The van der Waals surface area contributed by atoms with Gasteiger partial charge in [0.15, 0.2) is 0 Å². The Bertz CT molecular complexity index is 905. The topological polar surface area (TPSA) is 111 Å². The highest BCUT2D eigenvalue weighted by molar-refractivity contribution is 6.00. The zero-order valence-corrected chi connectivity index (χ0v) is 15.6. The average molecular weight is 385 g/mol. The number of aromatic nitrogens is 2. The van der Waals surface area contributed by atoms with Crippen LogP contribution in [-0.2, 0) is 0 Å². The summed E-state index contributed by atoms with van der Waals surface area (Å²) < 4.78 is 1.97. The monoisotopic (exact) mass is 385 g/mol. The number of benzene rings is 1. The van der Waals surface area contributed by atoms with E-state index in [1.807, 2.05) is 16.9 Å². The number of rotatable bonds is 2. The molecule has 0 saturated carbocycles. The molecule has 0 radical (unpaired) electrons. The van der Waals surface area contributed by atoms with E-state index in [1.165, 1.54) is 9.80 Å². The quantitative estimate of drug-likeness (QED) is 0.733. The minimum absolute atomic E-state index is 0.0897. The fourth-order valence-corrected chi connectivity index (χ4v) is 4.04. The number of nitrogens with zero attached hydrogens (tertiary/aromatic N) is 4. The molecule has 2 aromatic rings. The fourth-order valence-electron chi connectivity index (χ4n) is 4.04. The van der Waals surface area contributed by atoms with Crippen LogP contribution in [0.5, 0.6) is 0 Å². The summed E-state index contributed by atoms with van der Waals surface area (Å²) in [5.41, 5.74) is 2.44. The molecule has 4 rings (SSSR count).